The zero-order valence-electron chi connectivity index (χ0n) is 18.7. The molecule has 0 saturated carbocycles. The van der Waals surface area contributed by atoms with Crippen LogP contribution in [0.2, 0.25) is 0 Å². The molecule has 3 aromatic carbocycles. The molecule has 3 aromatic rings. The van der Waals surface area contributed by atoms with E-state index >= 15 is 0 Å². The van der Waals surface area contributed by atoms with Crippen molar-refractivity contribution in [3.8, 4) is 0 Å². The van der Waals surface area contributed by atoms with Crippen LogP contribution in [0.3, 0.4) is 0 Å². The van der Waals surface area contributed by atoms with Gasteiger partial charge in [-0.1, -0.05) is 29.8 Å². The Morgan fingerprint density at radius 2 is 1.68 bits per heavy atom. The molecule has 0 heterocycles. The lowest BCUT2D eigenvalue weighted by Crippen LogP contribution is -2.14. The summed E-state index contributed by atoms with van der Waals surface area (Å²) in [6.45, 7) is 5.07. The zero-order valence-corrected chi connectivity index (χ0v) is 19.5. The number of rotatable bonds is 8. The standard InChI is InChI=1S/C23H23N5O5S/c1-15-4-10-21(16(2)12-15)27-34(32,33)20-9-11-22(23(13-20)28(30)31)26-24-14-18-5-7-19(8-6-18)25-17(3)29/h4-14,26-27H,1-3H3,(H,25,29)/b24-14+. The average Bonchev–Trinajstić information content (AvgIpc) is 2.76. The maximum absolute atomic E-state index is 12.8. The number of sulfonamides is 1. The summed E-state index contributed by atoms with van der Waals surface area (Å²) in [7, 11) is -4.05. The number of carbonyl (C=O) groups excluding carboxylic acids is 1. The van der Waals surface area contributed by atoms with E-state index in [0.29, 0.717) is 16.9 Å². The molecule has 34 heavy (non-hydrogen) atoms. The molecule has 0 radical (unpaired) electrons. The Labute approximate surface area is 196 Å². The van der Waals surface area contributed by atoms with E-state index in [1.165, 1.54) is 25.3 Å². The molecule has 0 atom stereocenters. The number of nitro groups is 1. The quantitative estimate of drug-likeness (QED) is 0.247. The van der Waals surface area contributed by atoms with Gasteiger partial charge in [0.25, 0.3) is 15.7 Å². The fourth-order valence-corrected chi connectivity index (χ4v) is 4.24. The molecule has 0 spiro atoms. The maximum atomic E-state index is 12.8. The van der Waals surface area contributed by atoms with Crippen LogP contribution in [0.25, 0.3) is 0 Å². The lowest BCUT2D eigenvalue weighted by molar-refractivity contribution is -0.384. The van der Waals surface area contributed by atoms with E-state index < -0.39 is 20.6 Å². The van der Waals surface area contributed by atoms with Crippen molar-refractivity contribution in [2.24, 2.45) is 5.10 Å². The summed E-state index contributed by atoms with van der Waals surface area (Å²) in [5.41, 5.74) is 5.58. The molecular weight excluding hydrogens is 458 g/mol. The van der Waals surface area contributed by atoms with E-state index in [1.54, 1.807) is 43.3 Å². The van der Waals surface area contributed by atoms with Gasteiger partial charge in [-0.3, -0.25) is 25.1 Å². The molecule has 0 aliphatic heterocycles. The first kappa shape index (κ1) is 24.4. The molecule has 176 valence electrons. The molecule has 0 bridgehead atoms. The number of carbonyl (C=O) groups is 1. The highest BCUT2D eigenvalue weighted by Crippen LogP contribution is 2.29. The van der Waals surface area contributed by atoms with Crippen LogP contribution in [0.4, 0.5) is 22.7 Å². The van der Waals surface area contributed by atoms with Crippen molar-refractivity contribution >= 4 is 44.9 Å². The van der Waals surface area contributed by atoms with Gasteiger partial charge < -0.3 is 5.32 Å². The zero-order chi connectivity index (χ0) is 24.9. The third-order valence-corrected chi connectivity index (χ3v) is 6.10. The number of anilines is 3. The van der Waals surface area contributed by atoms with E-state index in [1.807, 2.05) is 13.0 Å². The van der Waals surface area contributed by atoms with E-state index in [-0.39, 0.29) is 16.5 Å². The summed E-state index contributed by atoms with van der Waals surface area (Å²) in [5.74, 6) is -0.190. The van der Waals surface area contributed by atoms with E-state index in [2.05, 4.69) is 20.6 Å². The summed E-state index contributed by atoms with van der Waals surface area (Å²) in [6, 6.07) is 15.6. The van der Waals surface area contributed by atoms with Crippen LogP contribution in [0.1, 0.15) is 23.6 Å². The van der Waals surface area contributed by atoms with E-state index in [4.69, 9.17) is 0 Å². The third kappa shape index (κ3) is 6.17. The van der Waals surface area contributed by atoms with Gasteiger partial charge in [-0.2, -0.15) is 5.10 Å². The molecule has 0 aliphatic rings. The number of nitro benzene ring substituents is 1. The number of hydrogen-bond acceptors (Lipinski definition) is 7. The monoisotopic (exact) mass is 481 g/mol. The fraction of sp³-hybridized carbons (Fsp3) is 0.130. The molecule has 10 nitrogen and oxygen atoms in total. The largest absolute Gasteiger partial charge is 0.326 e. The minimum absolute atomic E-state index is 0.0292. The Kier molecular flexibility index (Phi) is 7.27. The number of hydrogen-bond donors (Lipinski definition) is 3. The van der Waals surface area contributed by atoms with Gasteiger partial charge in [0, 0.05) is 18.7 Å². The molecular formula is C23H23N5O5S. The first-order valence-corrected chi connectivity index (χ1v) is 11.6. The van der Waals surface area contributed by atoms with Crippen LogP contribution in [0.5, 0.6) is 0 Å². The topological polar surface area (TPSA) is 143 Å². The van der Waals surface area contributed by atoms with Gasteiger partial charge in [-0.25, -0.2) is 8.42 Å². The van der Waals surface area contributed by atoms with Crippen LogP contribution in [-0.2, 0) is 14.8 Å². The van der Waals surface area contributed by atoms with Crippen LogP contribution in [-0.4, -0.2) is 25.5 Å². The highest BCUT2D eigenvalue weighted by atomic mass is 32.2. The Balaban J connectivity index is 1.79. The Bertz CT molecular complexity index is 1370. The second-order valence-corrected chi connectivity index (χ2v) is 9.22. The molecule has 0 aromatic heterocycles. The molecule has 0 aliphatic carbocycles. The molecule has 0 fully saturated rings. The second kappa shape index (κ2) is 10.1. The van der Waals surface area contributed by atoms with Crippen molar-refractivity contribution in [3.63, 3.8) is 0 Å². The molecule has 11 heteroatoms. The summed E-state index contributed by atoms with van der Waals surface area (Å²) >= 11 is 0. The predicted molar refractivity (Wildman–Crippen MR) is 132 cm³/mol. The average molecular weight is 482 g/mol. The summed E-state index contributed by atoms with van der Waals surface area (Å²) in [5, 5.41) is 18.2. The van der Waals surface area contributed by atoms with Crippen LogP contribution in [0, 0.1) is 24.0 Å². The number of benzene rings is 3. The van der Waals surface area contributed by atoms with E-state index in [0.717, 1.165) is 17.2 Å². The summed E-state index contributed by atoms with van der Waals surface area (Å²) in [4.78, 5) is 21.7. The van der Waals surface area contributed by atoms with Gasteiger partial charge in [0.1, 0.15) is 5.69 Å². The van der Waals surface area contributed by atoms with Gasteiger partial charge in [0.05, 0.1) is 21.7 Å². The summed E-state index contributed by atoms with van der Waals surface area (Å²) in [6.07, 6.45) is 1.44. The van der Waals surface area contributed by atoms with Gasteiger partial charge >= 0.3 is 0 Å². The number of nitrogens with zero attached hydrogens (tertiary/aromatic N) is 2. The van der Waals surface area contributed by atoms with E-state index in [9.17, 15) is 23.3 Å². The molecule has 0 saturated heterocycles. The van der Waals surface area contributed by atoms with Crippen molar-refractivity contribution in [2.45, 2.75) is 25.7 Å². The number of aryl methyl sites for hydroxylation is 2. The second-order valence-electron chi connectivity index (χ2n) is 7.53. The van der Waals surface area contributed by atoms with Crippen LogP contribution < -0.4 is 15.5 Å². The summed E-state index contributed by atoms with van der Waals surface area (Å²) < 4.78 is 28.1. The maximum Gasteiger partial charge on any atom is 0.295 e. The van der Waals surface area contributed by atoms with Gasteiger partial charge in [-0.15, -0.1) is 0 Å². The lowest BCUT2D eigenvalue weighted by Gasteiger charge is -2.12. The minimum Gasteiger partial charge on any atom is -0.326 e. The highest BCUT2D eigenvalue weighted by Gasteiger charge is 2.22. The first-order chi connectivity index (χ1) is 16.0. The smallest absolute Gasteiger partial charge is 0.295 e. The van der Waals surface area contributed by atoms with Gasteiger partial charge in [0.15, 0.2) is 0 Å². The highest BCUT2D eigenvalue weighted by molar-refractivity contribution is 7.92. The van der Waals surface area contributed by atoms with Crippen LogP contribution >= 0.6 is 0 Å². The van der Waals surface area contributed by atoms with Crippen molar-refractivity contribution < 1.29 is 18.1 Å². The van der Waals surface area contributed by atoms with Gasteiger partial charge in [0.2, 0.25) is 5.91 Å². The molecule has 3 rings (SSSR count). The fourth-order valence-electron chi connectivity index (χ4n) is 3.09. The molecule has 1 amide bonds. The first-order valence-electron chi connectivity index (χ1n) is 10.1. The normalized spacial score (nSPS) is 11.3. The van der Waals surface area contributed by atoms with Crippen molar-refractivity contribution in [1.29, 1.82) is 0 Å². The minimum atomic E-state index is -4.05. The Hall–Kier alpha value is -4.25. The number of hydrazone groups is 1. The van der Waals surface area contributed by atoms with Crippen molar-refractivity contribution in [3.05, 3.63) is 87.5 Å². The Morgan fingerprint density at radius 3 is 2.29 bits per heavy atom. The third-order valence-electron chi connectivity index (χ3n) is 4.73. The predicted octanol–water partition coefficient (Wildman–Crippen LogP) is 4.42. The van der Waals surface area contributed by atoms with Gasteiger partial charge in [-0.05, 0) is 55.3 Å². The van der Waals surface area contributed by atoms with Crippen LogP contribution in [0.15, 0.2) is 70.7 Å². The van der Waals surface area contributed by atoms with Crippen molar-refractivity contribution in [1.82, 2.24) is 0 Å². The van der Waals surface area contributed by atoms with Crippen molar-refractivity contribution in [2.75, 3.05) is 15.5 Å². The lowest BCUT2D eigenvalue weighted by atomic mass is 10.1. The molecule has 3 N–H and O–H groups in total. The SMILES string of the molecule is CC(=O)Nc1ccc(/C=N/Nc2ccc(S(=O)(=O)Nc3ccc(C)cc3C)cc2[N+](=O)[O-])cc1. The number of amides is 1. The number of nitrogens with one attached hydrogen (secondary N) is 3. The molecule has 0 unspecified atom stereocenters. The Morgan fingerprint density at radius 1 is 1.00 bits per heavy atom.